The van der Waals surface area contributed by atoms with Gasteiger partial charge < -0.3 is 20.4 Å². The number of rotatable bonds is 3. The van der Waals surface area contributed by atoms with E-state index in [4.69, 9.17) is 0 Å². The van der Waals surface area contributed by atoms with Crippen molar-refractivity contribution < 1.29 is 10.2 Å². The first kappa shape index (κ1) is 11.2. The Labute approximate surface area is 95.5 Å². The fraction of sp³-hybridized carbons (Fsp3) is 0.500. The third-order valence-corrected chi connectivity index (χ3v) is 3.03. The summed E-state index contributed by atoms with van der Waals surface area (Å²) in [6.07, 6.45) is 1.17. The number of phenolic OH excluding ortho intramolecular Hbond substituents is 2. The Balaban J connectivity index is 1.87. The van der Waals surface area contributed by atoms with Gasteiger partial charge in [0.05, 0.1) is 0 Å². The van der Waals surface area contributed by atoms with Gasteiger partial charge in [-0.3, -0.25) is 0 Å². The summed E-state index contributed by atoms with van der Waals surface area (Å²) in [7, 11) is 2.12. The zero-order chi connectivity index (χ0) is 11.5. The molecule has 0 aromatic heterocycles. The van der Waals surface area contributed by atoms with E-state index in [1.807, 2.05) is 6.07 Å². The lowest BCUT2D eigenvalue weighted by atomic mass is 10.2. The minimum atomic E-state index is -0.0654. The van der Waals surface area contributed by atoms with Gasteiger partial charge in [-0.1, -0.05) is 6.07 Å². The second-order valence-corrected chi connectivity index (χ2v) is 4.45. The molecule has 4 nitrogen and oxygen atoms in total. The van der Waals surface area contributed by atoms with E-state index < -0.39 is 0 Å². The zero-order valence-electron chi connectivity index (χ0n) is 9.48. The molecule has 4 heteroatoms. The van der Waals surface area contributed by atoms with E-state index in [0.717, 1.165) is 25.2 Å². The molecule has 1 fully saturated rings. The first-order chi connectivity index (χ1) is 7.65. The van der Waals surface area contributed by atoms with E-state index in [-0.39, 0.29) is 11.5 Å². The van der Waals surface area contributed by atoms with Crippen LogP contribution in [0.3, 0.4) is 0 Å². The number of likely N-dealkylation sites (N-methyl/N-ethyl adjacent to an activating group) is 1. The molecule has 1 aromatic rings. The standard InChI is InChI=1S/C12H18N2O2/c1-14-5-4-10(8-14)13-7-9-2-3-11(15)12(16)6-9/h2-3,6,10,13,15-16H,4-5,7-8H2,1H3. The first-order valence-corrected chi connectivity index (χ1v) is 5.58. The van der Waals surface area contributed by atoms with Crippen molar-refractivity contribution in [2.24, 2.45) is 0 Å². The van der Waals surface area contributed by atoms with Gasteiger partial charge in [-0.25, -0.2) is 0 Å². The summed E-state index contributed by atoms with van der Waals surface area (Å²) < 4.78 is 0. The Kier molecular flexibility index (Phi) is 3.31. The lowest BCUT2D eigenvalue weighted by Gasteiger charge is -2.13. The van der Waals surface area contributed by atoms with E-state index >= 15 is 0 Å². The second-order valence-electron chi connectivity index (χ2n) is 4.45. The zero-order valence-corrected chi connectivity index (χ0v) is 9.48. The minimum absolute atomic E-state index is 0.0529. The maximum atomic E-state index is 9.35. The summed E-state index contributed by atoms with van der Waals surface area (Å²) >= 11 is 0. The minimum Gasteiger partial charge on any atom is -0.504 e. The largest absolute Gasteiger partial charge is 0.504 e. The molecule has 1 unspecified atom stereocenters. The van der Waals surface area contributed by atoms with E-state index in [9.17, 15) is 10.2 Å². The topological polar surface area (TPSA) is 55.7 Å². The monoisotopic (exact) mass is 222 g/mol. The molecule has 1 heterocycles. The molecule has 1 aliphatic rings. The van der Waals surface area contributed by atoms with Gasteiger partial charge in [0.1, 0.15) is 0 Å². The summed E-state index contributed by atoms with van der Waals surface area (Å²) in [5, 5.41) is 22.0. The van der Waals surface area contributed by atoms with Crippen LogP contribution in [0, 0.1) is 0 Å². The van der Waals surface area contributed by atoms with E-state index in [2.05, 4.69) is 17.3 Å². The summed E-state index contributed by atoms with van der Waals surface area (Å²) in [6.45, 7) is 2.94. The van der Waals surface area contributed by atoms with Crippen LogP contribution in [0.5, 0.6) is 11.5 Å². The third kappa shape index (κ3) is 2.65. The number of hydrogen-bond acceptors (Lipinski definition) is 4. The molecule has 3 N–H and O–H groups in total. The van der Waals surface area contributed by atoms with Gasteiger partial charge in [0.25, 0.3) is 0 Å². The first-order valence-electron chi connectivity index (χ1n) is 5.58. The molecule has 88 valence electrons. The number of phenols is 2. The van der Waals surface area contributed by atoms with Crippen molar-refractivity contribution in [3.8, 4) is 11.5 Å². The average Bonchev–Trinajstić information content (AvgIpc) is 2.66. The number of aromatic hydroxyl groups is 2. The van der Waals surface area contributed by atoms with Crippen molar-refractivity contribution >= 4 is 0 Å². The van der Waals surface area contributed by atoms with Crippen LogP contribution in [0.25, 0.3) is 0 Å². The van der Waals surface area contributed by atoms with Crippen LogP contribution in [0.15, 0.2) is 18.2 Å². The SMILES string of the molecule is CN1CCC(NCc2ccc(O)c(O)c2)C1. The highest BCUT2D eigenvalue weighted by Crippen LogP contribution is 2.24. The lowest BCUT2D eigenvalue weighted by Crippen LogP contribution is -2.30. The van der Waals surface area contributed by atoms with Crippen molar-refractivity contribution in [2.45, 2.75) is 19.0 Å². The predicted octanol–water partition coefficient (Wildman–Crippen LogP) is 0.891. The van der Waals surface area contributed by atoms with Crippen LogP contribution in [-0.2, 0) is 6.54 Å². The highest BCUT2D eigenvalue weighted by Gasteiger charge is 2.18. The number of nitrogens with one attached hydrogen (secondary N) is 1. The van der Waals surface area contributed by atoms with Gasteiger partial charge in [-0.05, 0) is 37.7 Å². The van der Waals surface area contributed by atoms with Gasteiger partial charge in [-0.2, -0.15) is 0 Å². The molecule has 0 aliphatic carbocycles. The van der Waals surface area contributed by atoms with Crippen LogP contribution in [0.1, 0.15) is 12.0 Å². The normalized spacial score (nSPS) is 21.4. The van der Waals surface area contributed by atoms with Gasteiger partial charge >= 0.3 is 0 Å². The summed E-state index contributed by atoms with van der Waals surface area (Å²) in [5.41, 5.74) is 0.991. The fourth-order valence-electron chi connectivity index (χ4n) is 2.04. The quantitative estimate of drug-likeness (QED) is 0.665. The number of likely N-dealkylation sites (tertiary alicyclic amines) is 1. The summed E-state index contributed by atoms with van der Waals surface area (Å²) in [5.74, 6) is -0.118. The number of hydrogen-bond donors (Lipinski definition) is 3. The highest BCUT2D eigenvalue weighted by atomic mass is 16.3. The molecule has 0 bridgehead atoms. The predicted molar refractivity (Wildman–Crippen MR) is 62.5 cm³/mol. The Morgan fingerprint density at radius 2 is 2.19 bits per heavy atom. The maximum Gasteiger partial charge on any atom is 0.157 e. The molecule has 0 saturated carbocycles. The molecule has 1 atom stereocenters. The molecule has 1 saturated heterocycles. The smallest absolute Gasteiger partial charge is 0.157 e. The molecular weight excluding hydrogens is 204 g/mol. The van der Waals surface area contributed by atoms with E-state index in [1.54, 1.807) is 6.07 Å². The maximum absolute atomic E-state index is 9.35. The summed E-state index contributed by atoms with van der Waals surface area (Å²) in [6, 6.07) is 5.47. The molecule has 16 heavy (non-hydrogen) atoms. The molecule has 1 aliphatic heterocycles. The molecule has 0 spiro atoms. The second kappa shape index (κ2) is 4.72. The third-order valence-electron chi connectivity index (χ3n) is 3.03. The van der Waals surface area contributed by atoms with Crippen LogP contribution < -0.4 is 5.32 Å². The molecule has 2 rings (SSSR count). The van der Waals surface area contributed by atoms with Crippen LogP contribution >= 0.6 is 0 Å². The van der Waals surface area contributed by atoms with Gasteiger partial charge in [0.2, 0.25) is 0 Å². The van der Waals surface area contributed by atoms with Crippen molar-refractivity contribution in [2.75, 3.05) is 20.1 Å². The van der Waals surface area contributed by atoms with Crippen LogP contribution in [-0.4, -0.2) is 41.3 Å². The molecule has 0 amide bonds. The highest BCUT2D eigenvalue weighted by molar-refractivity contribution is 5.40. The molecule has 0 radical (unpaired) electrons. The molecular formula is C12H18N2O2. The van der Waals surface area contributed by atoms with Crippen molar-refractivity contribution in [3.63, 3.8) is 0 Å². The Morgan fingerprint density at radius 3 is 2.81 bits per heavy atom. The number of nitrogens with zero attached hydrogens (tertiary/aromatic N) is 1. The van der Waals surface area contributed by atoms with Gasteiger partial charge in [-0.15, -0.1) is 0 Å². The fourth-order valence-corrected chi connectivity index (χ4v) is 2.04. The Hall–Kier alpha value is -1.26. The van der Waals surface area contributed by atoms with Gasteiger partial charge in [0, 0.05) is 19.1 Å². The van der Waals surface area contributed by atoms with Crippen LogP contribution in [0.2, 0.25) is 0 Å². The van der Waals surface area contributed by atoms with Crippen molar-refractivity contribution in [3.05, 3.63) is 23.8 Å². The average molecular weight is 222 g/mol. The number of benzene rings is 1. The van der Waals surface area contributed by atoms with E-state index in [1.165, 1.54) is 12.5 Å². The van der Waals surface area contributed by atoms with Crippen molar-refractivity contribution in [1.29, 1.82) is 0 Å². The van der Waals surface area contributed by atoms with Crippen LogP contribution in [0.4, 0.5) is 0 Å². The van der Waals surface area contributed by atoms with Crippen molar-refractivity contribution in [1.82, 2.24) is 10.2 Å². The Bertz CT molecular complexity index is 368. The lowest BCUT2D eigenvalue weighted by molar-refractivity contribution is 0.395. The van der Waals surface area contributed by atoms with E-state index in [0.29, 0.717) is 6.04 Å². The summed E-state index contributed by atoms with van der Waals surface area (Å²) in [4.78, 5) is 2.30. The Morgan fingerprint density at radius 1 is 1.38 bits per heavy atom. The van der Waals surface area contributed by atoms with Gasteiger partial charge in [0.15, 0.2) is 11.5 Å². The molecule has 1 aromatic carbocycles.